The summed E-state index contributed by atoms with van der Waals surface area (Å²) in [6, 6.07) is 5.74. The number of hydrogen-bond donors (Lipinski definition) is 1. The molecular weight excluding hydrogens is 402 g/mol. The quantitative estimate of drug-likeness (QED) is 0.480. The molecule has 1 saturated heterocycles. The van der Waals surface area contributed by atoms with E-state index in [9.17, 15) is 4.79 Å². The van der Waals surface area contributed by atoms with Gasteiger partial charge >= 0.3 is 0 Å². The van der Waals surface area contributed by atoms with Crippen molar-refractivity contribution in [2.75, 3.05) is 32.8 Å². The first-order chi connectivity index (χ1) is 15.7. The first-order valence-electron chi connectivity index (χ1n) is 11.9. The molecule has 1 aliphatic heterocycles. The molecule has 1 aliphatic carbocycles. The Morgan fingerprint density at radius 3 is 2.94 bits per heavy atom. The van der Waals surface area contributed by atoms with E-state index in [1.54, 1.807) is 17.1 Å². The molecule has 1 amide bonds. The molecule has 1 saturated carbocycles. The Morgan fingerprint density at radius 1 is 1.25 bits per heavy atom. The molecular formula is C25H35N5O2. The van der Waals surface area contributed by atoms with Crippen LogP contribution in [0, 0.1) is 11.8 Å². The minimum atomic E-state index is -0.0317. The number of amides is 1. The smallest absolute Gasteiger partial charge is 0.253 e. The number of rotatable bonds is 9. The summed E-state index contributed by atoms with van der Waals surface area (Å²) >= 11 is 0. The Bertz CT molecular complexity index is 852. The SMILES string of the molecule is C=CCOCC1CCCN(CC2CCCCC2NC(=O)c2ccc(-n3cccn3)nc2)C1. The standard InChI is InChI=1S/C25H35N5O2/c1-2-15-32-19-20-7-5-13-29(17-20)18-22-8-3-4-9-23(22)28-25(31)21-10-11-24(26-16-21)30-14-6-12-27-30/h2,6,10-12,14,16,20,22-23H,1,3-5,7-9,13,15,17-19H2,(H,28,31). The van der Waals surface area contributed by atoms with Crippen LogP contribution >= 0.6 is 0 Å². The van der Waals surface area contributed by atoms with E-state index in [2.05, 4.69) is 26.9 Å². The predicted octanol–water partition coefficient (Wildman–Crippen LogP) is 3.47. The number of hydrogen-bond acceptors (Lipinski definition) is 5. The second kappa shape index (κ2) is 11.4. The molecule has 32 heavy (non-hydrogen) atoms. The van der Waals surface area contributed by atoms with Crippen LogP contribution in [0.1, 0.15) is 48.9 Å². The highest BCUT2D eigenvalue weighted by Gasteiger charge is 2.30. The van der Waals surface area contributed by atoms with Gasteiger partial charge in [0.2, 0.25) is 0 Å². The number of likely N-dealkylation sites (tertiary alicyclic amines) is 1. The van der Waals surface area contributed by atoms with Crippen LogP contribution in [0.15, 0.2) is 49.4 Å². The van der Waals surface area contributed by atoms with Crippen LogP contribution in [0.2, 0.25) is 0 Å². The minimum absolute atomic E-state index is 0.0317. The number of pyridine rings is 1. The van der Waals surface area contributed by atoms with Gasteiger partial charge in [-0.25, -0.2) is 9.67 Å². The van der Waals surface area contributed by atoms with Gasteiger partial charge in [0.05, 0.1) is 18.8 Å². The highest BCUT2D eigenvalue weighted by atomic mass is 16.5. The molecule has 0 aromatic carbocycles. The van der Waals surface area contributed by atoms with E-state index in [0.717, 1.165) is 32.7 Å². The van der Waals surface area contributed by atoms with Gasteiger partial charge in [-0.1, -0.05) is 18.9 Å². The van der Waals surface area contributed by atoms with Crippen molar-refractivity contribution in [2.45, 2.75) is 44.6 Å². The van der Waals surface area contributed by atoms with Crippen LogP contribution < -0.4 is 5.32 Å². The average molecular weight is 438 g/mol. The maximum Gasteiger partial charge on any atom is 0.253 e. The van der Waals surface area contributed by atoms with Crippen molar-refractivity contribution in [3.63, 3.8) is 0 Å². The molecule has 172 valence electrons. The Kier molecular flexibility index (Phi) is 8.07. The number of piperidine rings is 1. The van der Waals surface area contributed by atoms with E-state index < -0.39 is 0 Å². The molecule has 2 aromatic heterocycles. The van der Waals surface area contributed by atoms with Crippen molar-refractivity contribution < 1.29 is 9.53 Å². The first kappa shape index (κ1) is 22.7. The maximum atomic E-state index is 12.9. The van der Waals surface area contributed by atoms with Crippen LogP contribution in [0.3, 0.4) is 0 Å². The van der Waals surface area contributed by atoms with Gasteiger partial charge in [-0.2, -0.15) is 5.10 Å². The van der Waals surface area contributed by atoms with E-state index in [-0.39, 0.29) is 11.9 Å². The fourth-order valence-electron chi connectivity index (χ4n) is 5.03. The number of nitrogens with zero attached hydrogens (tertiary/aromatic N) is 4. The van der Waals surface area contributed by atoms with Gasteiger partial charge in [0.15, 0.2) is 5.82 Å². The topological polar surface area (TPSA) is 72.3 Å². The third kappa shape index (κ3) is 6.04. The van der Waals surface area contributed by atoms with Gasteiger partial charge in [-0.15, -0.1) is 6.58 Å². The molecule has 0 bridgehead atoms. The molecule has 0 spiro atoms. The van der Waals surface area contributed by atoms with Gasteiger partial charge in [0, 0.05) is 37.7 Å². The van der Waals surface area contributed by atoms with Gasteiger partial charge < -0.3 is 15.0 Å². The van der Waals surface area contributed by atoms with Gasteiger partial charge in [0.25, 0.3) is 5.91 Å². The summed E-state index contributed by atoms with van der Waals surface area (Å²) in [5.41, 5.74) is 0.600. The predicted molar refractivity (Wildman–Crippen MR) is 125 cm³/mol. The van der Waals surface area contributed by atoms with Crippen LogP contribution in [-0.2, 0) is 4.74 Å². The van der Waals surface area contributed by atoms with E-state index >= 15 is 0 Å². The molecule has 3 unspecified atom stereocenters. The molecule has 2 aliphatic rings. The van der Waals surface area contributed by atoms with E-state index in [1.807, 2.05) is 30.5 Å². The number of nitrogens with one attached hydrogen (secondary N) is 1. The second-order valence-corrected chi connectivity index (χ2v) is 9.07. The molecule has 2 aromatic rings. The monoisotopic (exact) mass is 437 g/mol. The van der Waals surface area contributed by atoms with Crippen LogP contribution in [0.4, 0.5) is 0 Å². The number of carbonyl (C=O) groups is 1. The van der Waals surface area contributed by atoms with Gasteiger partial charge in [0.1, 0.15) is 0 Å². The molecule has 7 nitrogen and oxygen atoms in total. The Balaban J connectivity index is 1.32. The lowest BCUT2D eigenvalue weighted by Crippen LogP contribution is -2.48. The normalized spacial score (nSPS) is 24.2. The zero-order valence-corrected chi connectivity index (χ0v) is 18.9. The maximum absolute atomic E-state index is 12.9. The lowest BCUT2D eigenvalue weighted by molar-refractivity contribution is 0.0599. The average Bonchev–Trinajstić information content (AvgIpc) is 3.36. The van der Waals surface area contributed by atoms with Crippen molar-refractivity contribution in [3.8, 4) is 5.82 Å². The number of ether oxygens (including phenoxy) is 1. The highest BCUT2D eigenvalue weighted by molar-refractivity contribution is 5.94. The first-order valence-corrected chi connectivity index (χ1v) is 11.9. The van der Waals surface area contributed by atoms with Crippen molar-refractivity contribution in [1.29, 1.82) is 0 Å². The molecule has 7 heteroatoms. The molecule has 0 radical (unpaired) electrons. The van der Waals surface area contributed by atoms with Crippen LogP contribution in [-0.4, -0.2) is 64.5 Å². The minimum Gasteiger partial charge on any atom is -0.377 e. The van der Waals surface area contributed by atoms with E-state index in [1.165, 1.54) is 32.1 Å². The number of carbonyl (C=O) groups excluding carboxylic acids is 1. The molecule has 1 N–H and O–H groups in total. The van der Waals surface area contributed by atoms with Crippen molar-refractivity contribution in [1.82, 2.24) is 25.0 Å². The lowest BCUT2D eigenvalue weighted by atomic mass is 9.83. The third-order valence-corrected chi connectivity index (χ3v) is 6.66. The largest absolute Gasteiger partial charge is 0.377 e. The summed E-state index contributed by atoms with van der Waals surface area (Å²) in [6.07, 6.45) is 14.1. The van der Waals surface area contributed by atoms with Crippen molar-refractivity contribution in [2.24, 2.45) is 11.8 Å². The van der Waals surface area contributed by atoms with Gasteiger partial charge in [-0.3, -0.25) is 4.79 Å². The molecule has 3 heterocycles. The Labute approximate surface area is 190 Å². The second-order valence-electron chi connectivity index (χ2n) is 9.07. The molecule has 2 fully saturated rings. The molecule has 4 rings (SSSR count). The van der Waals surface area contributed by atoms with E-state index in [4.69, 9.17) is 4.74 Å². The van der Waals surface area contributed by atoms with Crippen LogP contribution in [0.25, 0.3) is 5.82 Å². The zero-order valence-electron chi connectivity index (χ0n) is 18.9. The summed E-state index contributed by atoms with van der Waals surface area (Å²) in [6.45, 7) is 8.46. The summed E-state index contributed by atoms with van der Waals surface area (Å²) in [7, 11) is 0. The fourth-order valence-corrected chi connectivity index (χ4v) is 5.03. The fraction of sp³-hybridized carbons (Fsp3) is 0.560. The third-order valence-electron chi connectivity index (χ3n) is 6.66. The van der Waals surface area contributed by atoms with E-state index in [0.29, 0.717) is 29.8 Å². The van der Waals surface area contributed by atoms with Crippen molar-refractivity contribution >= 4 is 5.91 Å². The Morgan fingerprint density at radius 2 is 2.16 bits per heavy atom. The highest BCUT2D eigenvalue weighted by Crippen LogP contribution is 2.27. The van der Waals surface area contributed by atoms with Gasteiger partial charge in [-0.05, 0) is 62.3 Å². The summed E-state index contributed by atoms with van der Waals surface area (Å²) in [5.74, 6) is 1.77. The summed E-state index contributed by atoms with van der Waals surface area (Å²) in [5, 5.41) is 7.50. The zero-order chi connectivity index (χ0) is 22.2. The van der Waals surface area contributed by atoms with Crippen molar-refractivity contribution in [3.05, 3.63) is 55.0 Å². The lowest BCUT2D eigenvalue weighted by Gasteiger charge is -2.39. The van der Waals surface area contributed by atoms with Crippen LogP contribution in [0.5, 0.6) is 0 Å². The summed E-state index contributed by atoms with van der Waals surface area (Å²) < 4.78 is 7.39. The molecule has 3 atom stereocenters. The summed E-state index contributed by atoms with van der Waals surface area (Å²) in [4.78, 5) is 19.9. The Hall–Kier alpha value is -2.51. The number of aromatic nitrogens is 3.